The molecule has 0 radical (unpaired) electrons. The maximum atomic E-state index is 13.4. The van der Waals surface area contributed by atoms with Crippen LogP contribution in [0.3, 0.4) is 0 Å². The van der Waals surface area contributed by atoms with Crippen molar-refractivity contribution in [3.8, 4) is 11.4 Å². The molecule has 1 aromatic heterocycles. The number of pyridine rings is 1. The number of hydrogen-bond donors (Lipinski definition) is 1. The first-order valence-electron chi connectivity index (χ1n) is 12.0. The molecule has 0 spiro atoms. The minimum absolute atomic E-state index is 0.136. The van der Waals surface area contributed by atoms with Crippen LogP contribution in [-0.2, 0) is 0 Å². The number of hydrogen-bond acceptors (Lipinski definition) is 4. The Hall–Kier alpha value is -3.12. The number of ether oxygens (including phenoxy) is 1. The summed E-state index contributed by atoms with van der Waals surface area (Å²) in [5.41, 5.74) is 0.958. The number of nitrogens with one attached hydrogen (secondary N) is 1. The fourth-order valence-corrected chi connectivity index (χ4v) is 5.61. The average Bonchev–Trinajstić information content (AvgIpc) is 2.87. The van der Waals surface area contributed by atoms with Crippen molar-refractivity contribution < 1.29 is 9.53 Å². The Morgan fingerprint density at radius 1 is 1.00 bits per heavy atom. The van der Waals surface area contributed by atoms with Crippen LogP contribution in [0.1, 0.15) is 42.5 Å². The molecule has 5 rings (SSSR count). The van der Waals surface area contributed by atoms with Crippen LogP contribution in [0, 0.1) is 5.92 Å². The van der Waals surface area contributed by atoms with Gasteiger partial charge in [0.05, 0.1) is 18.4 Å². The van der Waals surface area contributed by atoms with Crippen LogP contribution in [0.4, 0.5) is 0 Å². The maximum Gasteiger partial charge on any atom is 0.263 e. The van der Waals surface area contributed by atoms with Crippen molar-refractivity contribution in [1.29, 1.82) is 0 Å². The van der Waals surface area contributed by atoms with Crippen LogP contribution < -0.4 is 15.6 Å². The average molecular weight is 446 g/mol. The molecule has 33 heavy (non-hydrogen) atoms. The van der Waals surface area contributed by atoms with Crippen molar-refractivity contribution in [2.45, 2.75) is 38.1 Å². The summed E-state index contributed by atoms with van der Waals surface area (Å²) in [6, 6.07) is 15.3. The lowest BCUT2D eigenvalue weighted by atomic mass is 9.83. The molecule has 1 amide bonds. The number of carbonyl (C=O) groups is 1. The molecule has 0 saturated carbocycles. The van der Waals surface area contributed by atoms with Crippen molar-refractivity contribution in [3.63, 3.8) is 0 Å². The van der Waals surface area contributed by atoms with Crippen molar-refractivity contribution >= 4 is 16.7 Å². The number of carbonyl (C=O) groups excluding carboxylic acids is 1. The van der Waals surface area contributed by atoms with E-state index >= 15 is 0 Å². The Kier molecular flexibility index (Phi) is 6.18. The first-order valence-corrected chi connectivity index (χ1v) is 12.0. The van der Waals surface area contributed by atoms with Gasteiger partial charge in [-0.05, 0) is 62.9 Å². The van der Waals surface area contributed by atoms with Gasteiger partial charge >= 0.3 is 0 Å². The monoisotopic (exact) mass is 445 g/mol. The highest BCUT2D eigenvalue weighted by Crippen LogP contribution is 2.30. The molecule has 2 fully saturated rings. The number of nitrogens with zero attached hydrogens (tertiary/aromatic N) is 2. The van der Waals surface area contributed by atoms with Crippen LogP contribution in [0.5, 0.6) is 5.75 Å². The third-order valence-electron chi connectivity index (χ3n) is 7.27. The van der Waals surface area contributed by atoms with Crippen molar-refractivity contribution in [2.24, 2.45) is 5.92 Å². The first kappa shape index (κ1) is 21.7. The molecule has 1 N–H and O–H groups in total. The molecule has 6 heteroatoms. The molecular weight excluding hydrogens is 414 g/mol. The molecule has 6 nitrogen and oxygen atoms in total. The minimum atomic E-state index is -0.170. The number of rotatable bonds is 5. The van der Waals surface area contributed by atoms with Gasteiger partial charge < -0.3 is 15.0 Å². The van der Waals surface area contributed by atoms with E-state index < -0.39 is 0 Å². The largest absolute Gasteiger partial charge is 0.495 e. The number of benzene rings is 2. The van der Waals surface area contributed by atoms with Gasteiger partial charge in [0.2, 0.25) is 0 Å². The molecule has 2 atom stereocenters. The van der Waals surface area contributed by atoms with Gasteiger partial charge in [0.25, 0.3) is 11.5 Å². The molecule has 2 aliphatic rings. The summed E-state index contributed by atoms with van der Waals surface area (Å²) in [7, 11) is 1.58. The van der Waals surface area contributed by atoms with Gasteiger partial charge in [-0.2, -0.15) is 0 Å². The van der Waals surface area contributed by atoms with Gasteiger partial charge in [-0.15, -0.1) is 0 Å². The summed E-state index contributed by atoms with van der Waals surface area (Å²) in [4.78, 5) is 29.4. The van der Waals surface area contributed by atoms with Gasteiger partial charge in [-0.25, -0.2) is 0 Å². The molecule has 3 aromatic rings. The highest BCUT2D eigenvalue weighted by molar-refractivity contribution is 6.06. The Balaban J connectivity index is 1.48. The van der Waals surface area contributed by atoms with E-state index in [2.05, 4.69) is 10.2 Å². The summed E-state index contributed by atoms with van der Waals surface area (Å²) in [6.45, 7) is 3.04. The van der Waals surface area contributed by atoms with Crippen LogP contribution in [0.25, 0.3) is 16.5 Å². The van der Waals surface area contributed by atoms with Crippen LogP contribution in [0.15, 0.2) is 59.5 Å². The van der Waals surface area contributed by atoms with E-state index in [1.54, 1.807) is 19.4 Å². The minimum Gasteiger partial charge on any atom is -0.495 e. The van der Waals surface area contributed by atoms with E-state index in [0.717, 1.165) is 6.42 Å². The van der Waals surface area contributed by atoms with Crippen molar-refractivity contribution in [1.82, 2.24) is 14.8 Å². The number of aromatic nitrogens is 1. The normalized spacial score (nSPS) is 20.9. The first-order chi connectivity index (χ1) is 16.2. The molecule has 2 saturated heterocycles. The van der Waals surface area contributed by atoms with E-state index in [-0.39, 0.29) is 11.5 Å². The van der Waals surface area contributed by atoms with E-state index in [0.29, 0.717) is 46.3 Å². The fourth-order valence-electron chi connectivity index (χ4n) is 5.61. The van der Waals surface area contributed by atoms with E-state index in [9.17, 15) is 9.59 Å². The third kappa shape index (κ3) is 4.15. The SMILES string of the molecule is COc1ccccc1-n1cc(C(=O)NC[C@H]2CCCN3CCCC[C@H]23)c2ccccc2c1=O. The molecule has 2 aliphatic heterocycles. The zero-order chi connectivity index (χ0) is 22.8. The van der Waals surface area contributed by atoms with Gasteiger partial charge in [-0.1, -0.05) is 36.8 Å². The summed E-state index contributed by atoms with van der Waals surface area (Å²) in [6.07, 6.45) is 7.79. The molecule has 2 aromatic carbocycles. The highest BCUT2D eigenvalue weighted by atomic mass is 16.5. The molecular formula is C27H31N3O3. The van der Waals surface area contributed by atoms with Gasteiger partial charge in [0.1, 0.15) is 5.75 Å². The van der Waals surface area contributed by atoms with Crippen LogP contribution >= 0.6 is 0 Å². The van der Waals surface area contributed by atoms with Crippen molar-refractivity contribution in [3.05, 3.63) is 70.6 Å². The second-order valence-electron chi connectivity index (χ2n) is 9.15. The Labute approximate surface area is 194 Å². The second-order valence-corrected chi connectivity index (χ2v) is 9.15. The Bertz CT molecular complexity index is 1220. The summed E-state index contributed by atoms with van der Waals surface area (Å²) in [5, 5.41) is 4.40. The third-order valence-corrected chi connectivity index (χ3v) is 7.27. The molecule has 3 heterocycles. The standard InChI is InChI=1S/C27H31N3O3/c1-33-25-14-5-4-13-24(25)30-18-22(20-10-2-3-11-21(20)27(30)32)26(31)28-17-19-9-8-16-29-15-7-6-12-23(19)29/h2-5,10-11,13-14,18-19,23H,6-9,12,15-17H2,1H3,(H,28,31)/t19-,23-/m1/s1. The Morgan fingerprint density at radius 2 is 1.76 bits per heavy atom. The number of amides is 1. The lowest BCUT2D eigenvalue weighted by Gasteiger charge is -2.44. The molecule has 172 valence electrons. The lowest BCUT2D eigenvalue weighted by molar-refractivity contribution is 0.0576. The summed E-state index contributed by atoms with van der Waals surface area (Å²) in [5.74, 6) is 0.929. The number of piperidine rings is 2. The molecule has 0 aliphatic carbocycles. The second kappa shape index (κ2) is 9.40. The van der Waals surface area contributed by atoms with Crippen LogP contribution in [-0.4, -0.2) is 48.2 Å². The Morgan fingerprint density at radius 3 is 2.61 bits per heavy atom. The summed E-state index contributed by atoms with van der Waals surface area (Å²) < 4.78 is 7.01. The van der Waals surface area contributed by atoms with Gasteiger partial charge in [-0.3, -0.25) is 14.2 Å². The summed E-state index contributed by atoms with van der Waals surface area (Å²) >= 11 is 0. The quantitative estimate of drug-likeness (QED) is 0.645. The topological polar surface area (TPSA) is 63.6 Å². The van der Waals surface area contributed by atoms with E-state index in [4.69, 9.17) is 4.74 Å². The van der Waals surface area contributed by atoms with Crippen molar-refractivity contribution in [2.75, 3.05) is 26.7 Å². The molecule has 0 bridgehead atoms. The van der Waals surface area contributed by atoms with Crippen LogP contribution in [0.2, 0.25) is 0 Å². The fraction of sp³-hybridized carbons (Fsp3) is 0.407. The van der Waals surface area contributed by atoms with E-state index in [1.807, 2.05) is 42.5 Å². The number of para-hydroxylation sites is 2. The van der Waals surface area contributed by atoms with Gasteiger partial charge in [0.15, 0.2) is 0 Å². The number of methoxy groups -OCH3 is 1. The smallest absolute Gasteiger partial charge is 0.263 e. The maximum absolute atomic E-state index is 13.4. The zero-order valence-corrected chi connectivity index (χ0v) is 19.1. The predicted molar refractivity (Wildman–Crippen MR) is 130 cm³/mol. The lowest BCUT2D eigenvalue weighted by Crippen LogP contribution is -2.51. The zero-order valence-electron chi connectivity index (χ0n) is 19.1. The highest BCUT2D eigenvalue weighted by Gasteiger charge is 2.33. The molecule has 0 unspecified atom stereocenters. The number of fused-ring (bicyclic) bond motifs is 2. The predicted octanol–water partition coefficient (Wildman–Crippen LogP) is 3.99. The van der Waals surface area contributed by atoms with E-state index in [1.165, 1.54) is 43.3 Å². The van der Waals surface area contributed by atoms with Gasteiger partial charge in [0, 0.05) is 29.6 Å².